The third-order valence-corrected chi connectivity index (χ3v) is 2.79. The van der Waals surface area contributed by atoms with Crippen LogP contribution in [0.1, 0.15) is 24.6 Å². The van der Waals surface area contributed by atoms with Crippen molar-refractivity contribution in [3.05, 3.63) is 21.0 Å². The van der Waals surface area contributed by atoms with Crippen LogP contribution in [-0.2, 0) is 16.0 Å². The number of alkyl halides is 2. The van der Waals surface area contributed by atoms with Crippen LogP contribution in [0.5, 0.6) is 0 Å². The first kappa shape index (κ1) is 14.1. The summed E-state index contributed by atoms with van der Waals surface area (Å²) < 4.78 is 30.3. The predicted molar refractivity (Wildman–Crippen MR) is 66.7 cm³/mol. The molecular formula is C10H11F2IN2O2. The number of aromatic nitrogens is 1. The summed E-state index contributed by atoms with van der Waals surface area (Å²) in [7, 11) is 0. The SMILES string of the molecule is CCOC(=O)Cc1cc(C(F)F)c(N)c(I)n1. The maximum absolute atomic E-state index is 12.6. The number of nitrogens with two attached hydrogens (primary N) is 1. The molecule has 1 heterocycles. The van der Waals surface area contributed by atoms with E-state index in [1.54, 1.807) is 29.5 Å². The Kier molecular flexibility index (Phi) is 5.03. The van der Waals surface area contributed by atoms with Crippen LogP contribution >= 0.6 is 22.6 Å². The summed E-state index contributed by atoms with van der Waals surface area (Å²) >= 11 is 1.76. The van der Waals surface area contributed by atoms with E-state index >= 15 is 0 Å². The largest absolute Gasteiger partial charge is 0.466 e. The lowest BCUT2D eigenvalue weighted by Crippen LogP contribution is -2.11. The fraction of sp³-hybridized carbons (Fsp3) is 0.400. The molecule has 0 aromatic carbocycles. The fourth-order valence-electron chi connectivity index (χ4n) is 1.23. The Morgan fingerprint density at radius 3 is 2.82 bits per heavy atom. The number of hydrogen-bond donors (Lipinski definition) is 1. The summed E-state index contributed by atoms with van der Waals surface area (Å²) in [6.07, 6.45) is -2.82. The average molecular weight is 356 g/mol. The van der Waals surface area contributed by atoms with Gasteiger partial charge in [0.15, 0.2) is 0 Å². The van der Waals surface area contributed by atoms with Gasteiger partial charge in [-0.1, -0.05) is 0 Å². The number of esters is 1. The molecular weight excluding hydrogens is 345 g/mol. The molecule has 7 heteroatoms. The Bertz CT molecular complexity index is 427. The van der Waals surface area contributed by atoms with Gasteiger partial charge in [0, 0.05) is 5.56 Å². The van der Waals surface area contributed by atoms with Gasteiger partial charge < -0.3 is 10.5 Å². The molecule has 0 saturated heterocycles. The van der Waals surface area contributed by atoms with E-state index in [1.165, 1.54) is 0 Å². The van der Waals surface area contributed by atoms with E-state index in [2.05, 4.69) is 4.98 Å². The minimum absolute atomic E-state index is 0.0480. The number of carbonyl (C=O) groups excluding carboxylic acids is 1. The van der Waals surface area contributed by atoms with Gasteiger partial charge in [-0.3, -0.25) is 4.79 Å². The first-order valence-corrected chi connectivity index (χ1v) is 5.92. The van der Waals surface area contributed by atoms with Gasteiger partial charge in [0.25, 0.3) is 6.43 Å². The molecule has 0 aliphatic rings. The summed E-state index contributed by atoms with van der Waals surface area (Å²) in [4.78, 5) is 15.2. The van der Waals surface area contributed by atoms with Crippen molar-refractivity contribution in [2.45, 2.75) is 19.8 Å². The van der Waals surface area contributed by atoms with Crippen molar-refractivity contribution in [1.29, 1.82) is 0 Å². The number of rotatable bonds is 4. The van der Waals surface area contributed by atoms with Crippen LogP contribution in [0.25, 0.3) is 0 Å². The molecule has 0 atom stereocenters. The second kappa shape index (κ2) is 6.08. The molecule has 0 radical (unpaired) electrons. The van der Waals surface area contributed by atoms with E-state index in [1.807, 2.05) is 0 Å². The monoisotopic (exact) mass is 356 g/mol. The maximum atomic E-state index is 12.6. The molecule has 1 aromatic heterocycles. The second-order valence-electron chi connectivity index (χ2n) is 3.19. The van der Waals surface area contributed by atoms with Crippen molar-refractivity contribution >= 4 is 34.2 Å². The van der Waals surface area contributed by atoms with Crippen LogP contribution in [-0.4, -0.2) is 17.6 Å². The number of carbonyl (C=O) groups is 1. The van der Waals surface area contributed by atoms with Gasteiger partial charge in [-0.25, -0.2) is 13.8 Å². The zero-order valence-corrected chi connectivity index (χ0v) is 11.2. The van der Waals surface area contributed by atoms with E-state index in [4.69, 9.17) is 10.5 Å². The van der Waals surface area contributed by atoms with E-state index < -0.39 is 12.4 Å². The Balaban J connectivity index is 2.98. The average Bonchev–Trinajstić information content (AvgIpc) is 2.23. The van der Waals surface area contributed by atoms with Crippen LogP contribution in [0, 0.1) is 3.70 Å². The van der Waals surface area contributed by atoms with Crippen molar-refractivity contribution in [2.24, 2.45) is 0 Å². The van der Waals surface area contributed by atoms with Crippen molar-refractivity contribution in [2.75, 3.05) is 12.3 Å². The van der Waals surface area contributed by atoms with Crippen molar-refractivity contribution in [1.82, 2.24) is 4.98 Å². The Hall–Kier alpha value is -0.990. The molecule has 1 aromatic rings. The van der Waals surface area contributed by atoms with Crippen LogP contribution < -0.4 is 5.73 Å². The number of nitrogen functional groups attached to an aromatic ring is 1. The molecule has 0 unspecified atom stereocenters. The topological polar surface area (TPSA) is 65.2 Å². The fourth-order valence-corrected chi connectivity index (χ4v) is 1.85. The molecule has 0 bridgehead atoms. The number of halogens is 3. The third kappa shape index (κ3) is 3.76. The number of pyridine rings is 1. The van der Waals surface area contributed by atoms with Crippen LogP contribution in [0.3, 0.4) is 0 Å². The second-order valence-corrected chi connectivity index (χ2v) is 4.21. The zero-order chi connectivity index (χ0) is 13.0. The van der Waals surface area contributed by atoms with Gasteiger partial charge in [0.2, 0.25) is 0 Å². The first-order valence-electron chi connectivity index (χ1n) is 4.84. The predicted octanol–water partition coefficient (Wildman–Crippen LogP) is 2.31. The lowest BCUT2D eigenvalue weighted by Gasteiger charge is -2.09. The third-order valence-electron chi connectivity index (χ3n) is 1.96. The number of nitrogens with zero attached hydrogens (tertiary/aromatic N) is 1. The van der Waals surface area contributed by atoms with Gasteiger partial charge in [-0.05, 0) is 35.6 Å². The van der Waals surface area contributed by atoms with Crippen LogP contribution in [0.15, 0.2) is 6.07 Å². The highest BCUT2D eigenvalue weighted by Crippen LogP contribution is 2.28. The van der Waals surface area contributed by atoms with Gasteiger partial charge in [0.05, 0.1) is 24.4 Å². The number of hydrogen-bond acceptors (Lipinski definition) is 4. The van der Waals surface area contributed by atoms with E-state index in [0.29, 0.717) is 0 Å². The first-order chi connectivity index (χ1) is 7.95. The summed E-state index contributed by atoms with van der Waals surface area (Å²) in [5.74, 6) is -0.499. The summed E-state index contributed by atoms with van der Waals surface area (Å²) in [6.45, 7) is 1.91. The number of anilines is 1. The molecule has 2 N–H and O–H groups in total. The van der Waals surface area contributed by atoms with Gasteiger partial charge in [-0.2, -0.15) is 0 Å². The van der Waals surface area contributed by atoms with E-state index in [9.17, 15) is 13.6 Å². The van der Waals surface area contributed by atoms with Crippen LogP contribution in [0.4, 0.5) is 14.5 Å². The smallest absolute Gasteiger partial charge is 0.311 e. The van der Waals surface area contributed by atoms with Gasteiger partial charge >= 0.3 is 5.97 Å². The van der Waals surface area contributed by atoms with Gasteiger partial charge in [-0.15, -0.1) is 0 Å². The van der Waals surface area contributed by atoms with Crippen molar-refractivity contribution in [3.8, 4) is 0 Å². The zero-order valence-electron chi connectivity index (χ0n) is 9.04. The molecule has 17 heavy (non-hydrogen) atoms. The highest BCUT2D eigenvalue weighted by atomic mass is 127. The Morgan fingerprint density at radius 2 is 2.29 bits per heavy atom. The summed E-state index contributed by atoms with van der Waals surface area (Å²) in [5.41, 5.74) is 5.36. The number of ether oxygens (including phenoxy) is 1. The quantitative estimate of drug-likeness (QED) is 0.511. The van der Waals surface area contributed by atoms with Crippen molar-refractivity contribution in [3.63, 3.8) is 0 Å². The highest BCUT2D eigenvalue weighted by molar-refractivity contribution is 14.1. The summed E-state index contributed by atoms with van der Waals surface area (Å²) in [5, 5.41) is 0. The minimum atomic E-state index is -2.69. The maximum Gasteiger partial charge on any atom is 0.311 e. The molecule has 4 nitrogen and oxygen atoms in total. The molecule has 0 spiro atoms. The highest BCUT2D eigenvalue weighted by Gasteiger charge is 2.17. The molecule has 0 amide bonds. The van der Waals surface area contributed by atoms with Crippen molar-refractivity contribution < 1.29 is 18.3 Å². The lowest BCUT2D eigenvalue weighted by atomic mass is 10.1. The normalized spacial score (nSPS) is 10.6. The van der Waals surface area contributed by atoms with Crippen LogP contribution in [0.2, 0.25) is 0 Å². The lowest BCUT2D eigenvalue weighted by molar-refractivity contribution is -0.142. The van der Waals surface area contributed by atoms with E-state index in [-0.39, 0.29) is 33.7 Å². The summed E-state index contributed by atoms with van der Waals surface area (Å²) in [6, 6.07) is 1.14. The molecule has 0 saturated carbocycles. The standard InChI is InChI=1S/C10H11F2IN2O2/c1-2-17-7(16)4-5-3-6(9(11)12)8(14)10(13)15-5/h3,9H,2,4,14H2,1H3. The molecule has 0 aliphatic heterocycles. The Labute approximate surface area is 111 Å². The molecule has 94 valence electrons. The molecule has 0 aliphatic carbocycles. The minimum Gasteiger partial charge on any atom is -0.466 e. The van der Waals surface area contributed by atoms with Gasteiger partial charge in [0.1, 0.15) is 3.70 Å². The Morgan fingerprint density at radius 1 is 1.65 bits per heavy atom. The van der Waals surface area contributed by atoms with E-state index in [0.717, 1.165) is 6.07 Å². The molecule has 0 fully saturated rings. The molecule has 1 rings (SSSR count).